The summed E-state index contributed by atoms with van der Waals surface area (Å²) in [5.74, 6) is 1.48. The number of ether oxygens (including phenoxy) is 2. The molecule has 6 rings (SSSR count). The lowest BCUT2D eigenvalue weighted by molar-refractivity contribution is 0.408. The number of furan rings is 1. The highest BCUT2D eigenvalue weighted by Gasteiger charge is 2.24. The molecule has 0 saturated heterocycles. The van der Waals surface area contributed by atoms with E-state index in [1.54, 1.807) is 20.3 Å². The molecule has 0 aliphatic rings. The van der Waals surface area contributed by atoms with Gasteiger partial charge in [0.05, 0.1) is 14.2 Å². The lowest BCUT2D eigenvalue weighted by Gasteiger charge is -2.17. The first-order chi connectivity index (χ1) is 16.7. The van der Waals surface area contributed by atoms with Crippen LogP contribution >= 0.6 is 0 Å². The maximum atomic E-state index is 11.1. The number of benzene rings is 5. The van der Waals surface area contributed by atoms with Gasteiger partial charge in [0.25, 0.3) is 0 Å². The lowest BCUT2D eigenvalue weighted by atomic mass is 9.86. The summed E-state index contributed by atoms with van der Waals surface area (Å²) in [6, 6.07) is 29.8. The number of hydrogen-bond acceptors (Lipinski definition) is 4. The largest absolute Gasteiger partial charge is 0.507 e. The fourth-order valence-electron chi connectivity index (χ4n) is 4.82. The molecule has 166 valence electrons. The molecule has 0 bridgehead atoms. The minimum Gasteiger partial charge on any atom is -0.507 e. The fraction of sp³-hybridized carbons (Fsp3) is 0.0667. The van der Waals surface area contributed by atoms with Crippen LogP contribution in [0, 0.1) is 0 Å². The van der Waals surface area contributed by atoms with E-state index in [4.69, 9.17) is 13.9 Å². The summed E-state index contributed by atoms with van der Waals surface area (Å²) in [7, 11) is 3.24. The molecule has 0 amide bonds. The molecule has 0 atom stereocenters. The van der Waals surface area contributed by atoms with E-state index in [1.807, 2.05) is 60.7 Å². The van der Waals surface area contributed by atoms with E-state index in [-0.39, 0.29) is 5.75 Å². The van der Waals surface area contributed by atoms with Gasteiger partial charge in [0.2, 0.25) is 0 Å². The third-order valence-corrected chi connectivity index (χ3v) is 6.37. The van der Waals surface area contributed by atoms with E-state index in [0.717, 1.165) is 55.2 Å². The summed E-state index contributed by atoms with van der Waals surface area (Å²) in [6.45, 7) is 0. The van der Waals surface area contributed by atoms with Crippen molar-refractivity contribution >= 4 is 32.7 Å². The second-order valence-corrected chi connectivity index (χ2v) is 8.21. The normalized spacial score (nSPS) is 11.4. The van der Waals surface area contributed by atoms with Crippen molar-refractivity contribution in [3.63, 3.8) is 0 Å². The molecule has 0 saturated carbocycles. The smallest absolute Gasteiger partial charge is 0.143 e. The molecule has 0 radical (unpaired) electrons. The molecule has 0 fully saturated rings. The van der Waals surface area contributed by atoms with Crippen molar-refractivity contribution in [2.24, 2.45) is 0 Å². The Morgan fingerprint density at radius 1 is 0.647 bits per heavy atom. The van der Waals surface area contributed by atoms with Crippen LogP contribution in [0.25, 0.3) is 55.0 Å². The quantitative estimate of drug-likeness (QED) is 0.300. The Labute approximate surface area is 196 Å². The van der Waals surface area contributed by atoms with Crippen molar-refractivity contribution in [2.45, 2.75) is 0 Å². The third-order valence-electron chi connectivity index (χ3n) is 6.37. The van der Waals surface area contributed by atoms with Crippen LogP contribution in [0.3, 0.4) is 0 Å². The Morgan fingerprint density at radius 3 is 2.06 bits per heavy atom. The summed E-state index contributed by atoms with van der Waals surface area (Å²) in [5.41, 5.74) is 5.26. The van der Waals surface area contributed by atoms with Gasteiger partial charge in [-0.25, -0.2) is 0 Å². The van der Waals surface area contributed by atoms with E-state index in [1.165, 1.54) is 0 Å². The molecule has 5 aromatic carbocycles. The second-order valence-electron chi connectivity index (χ2n) is 8.21. The van der Waals surface area contributed by atoms with Gasteiger partial charge >= 0.3 is 0 Å². The van der Waals surface area contributed by atoms with E-state index in [9.17, 15) is 5.11 Å². The number of phenolic OH excluding ortho intramolecular Hbond substituents is 1. The molecule has 0 aliphatic heterocycles. The van der Waals surface area contributed by atoms with Gasteiger partial charge in [0.15, 0.2) is 0 Å². The number of fused-ring (bicyclic) bond motifs is 5. The summed E-state index contributed by atoms with van der Waals surface area (Å²) in [4.78, 5) is 0. The van der Waals surface area contributed by atoms with Crippen LogP contribution < -0.4 is 9.47 Å². The van der Waals surface area contributed by atoms with Crippen molar-refractivity contribution in [2.75, 3.05) is 14.2 Å². The molecule has 1 aromatic heterocycles. The van der Waals surface area contributed by atoms with E-state index in [0.29, 0.717) is 11.3 Å². The zero-order valence-corrected chi connectivity index (χ0v) is 18.8. The summed E-state index contributed by atoms with van der Waals surface area (Å²) < 4.78 is 17.3. The molecule has 4 heteroatoms. The Hall–Kier alpha value is -4.44. The summed E-state index contributed by atoms with van der Waals surface area (Å²) in [5, 5.41) is 15.1. The average Bonchev–Trinajstić information content (AvgIpc) is 3.27. The number of methoxy groups -OCH3 is 2. The number of rotatable bonds is 4. The molecule has 0 aliphatic carbocycles. The SMILES string of the molecule is COc1ccc(-c2c(-c3ccccc3)c3ccccc3c3oc4cc(OC)ccc4c23)c(O)c1. The zero-order valence-electron chi connectivity index (χ0n) is 18.8. The second kappa shape index (κ2) is 7.85. The average molecular weight is 447 g/mol. The number of phenols is 1. The zero-order chi connectivity index (χ0) is 23.2. The maximum Gasteiger partial charge on any atom is 0.143 e. The van der Waals surface area contributed by atoms with Crippen molar-refractivity contribution in [1.29, 1.82) is 0 Å². The molecule has 34 heavy (non-hydrogen) atoms. The van der Waals surface area contributed by atoms with Crippen molar-refractivity contribution in [1.82, 2.24) is 0 Å². The number of aromatic hydroxyl groups is 1. The van der Waals surface area contributed by atoms with Gasteiger partial charge in [0.1, 0.15) is 28.4 Å². The van der Waals surface area contributed by atoms with Crippen LogP contribution in [0.2, 0.25) is 0 Å². The highest BCUT2D eigenvalue weighted by atomic mass is 16.5. The van der Waals surface area contributed by atoms with Gasteiger partial charge in [-0.05, 0) is 40.8 Å². The van der Waals surface area contributed by atoms with Crippen LogP contribution in [0.1, 0.15) is 0 Å². The molecule has 0 unspecified atom stereocenters. The fourth-order valence-corrected chi connectivity index (χ4v) is 4.82. The van der Waals surface area contributed by atoms with Crippen molar-refractivity contribution in [3.05, 3.63) is 91.0 Å². The van der Waals surface area contributed by atoms with Gasteiger partial charge in [-0.1, -0.05) is 54.6 Å². The minimum atomic E-state index is 0.149. The van der Waals surface area contributed by atoms with Crippen LogP contribution in [0.15, 0.2) is 95.4 Å². The Balaban J connectivity index is 1.88. The summed E-state index contributed by atoms with van der Waals surface area (Å²) >= 11 is 0. The first-order valence-corrected chi connectivity index (χ1v) is 11.1. The predicted octanol–water partition coefficient (Wildman–Crippen LogP) is 7.80. The monoisotopic (exact) mass is 446 g/mol. The van der Waals surface area contributed by atoms with Crippen molar-refractivity contribution < 1.29 is 19.0 Å². The van der Waals surface area contributed by atoms with E-state index < -0.39 is 0 Å². The van der Waals surface area contributed by atoms with Gasteiger partial charge in [0, 0.05) is 39.4 Å². The number of hydrogen-bond donors (Lipinski definition) is 1. The predicted molar refractivity (Wildman–Crippen MR) is 137 cm³/mol. The summed E-state index contributed by atoms with van der Waals surface area (Å²) in [6.07, 6.45) is 0. The van der Waals surface area contributed by atoms with Gasteiger partial charge in [-0.2, -0.15) is 0 Å². The molecule has 6 aromatic rings. The molecular weight excluding hydrogens is 424 g/mol. The van der Waals surface area contributed by atoms with Gasteiger partial charge in [-0.15, -0.1) is 0 Å². The highest BCUT2D eigenvalue weighted by Crippen LogP contribution is 2.50. The van der Waals surface area contributed by atoms with Crippen molar-refractivity contribution in [3.8, 4) is 39.5 Å². The Bertz CT molecular complexity index is 1680. The first-order valence-electron chi connectivity index (χ1n) is 11.1. The van der Waals surface area contributed by atoms with E-state index >= 15 is 0 Å². The lowest BCUT2D eigenvalue weighted by Crippen LogP contribution is -1.91. The highest BCUT2D eigenvalue weighted by molar-refractivity contribution is 6.27. The first kappa shape index (κ1) is 20.2. The van der Waals surface area contributed by atoms with Gasteiger partial charge in [-0.3, -0.25) is 0 Å². The van der Waals surface area contributed by atoms with Crippen LogP contribution in [-0.4, -0.2) is 19.3 Å². The van der Waals surface area contributed by atoms with Crippen LogP contribution in [-0.2, 0) is 0 Å². The third kappa shape index (κ3) is 3.00. The molecule has 4 nitrogen and oxygen atoms in total. The van der Waals surface area contributed by atoms with Crippen LogP contribution in [0.4, 0.5) is 0 Å². The van der Waals surface area contributed by atoms with Gasteiger partial charge < -0.3 is 19.0 Å². The maximum absolute atomic E-state index is 11.1. The topological polar surface area (TPSA) is 51.8 Å². The molecular formula is C30H22O4. The standard InChI is InChI=1S/C30H22O4/c1-32-19-12-14-23(25(31)16-19)28-27(18-8-4-3-5-9-18)21-10-6-7-11-22(21)30-29(28)24-15-13-20(33-2)17-26(24)34-30/h3-17,31H,1-2H3. The molecule has 1 heterocycles. The Kier molecular flexibility index (Phi) is 4.66. The minimum absolute atomic E-state index is 0.149. The Morgan fingerprint density at radius 2 is 1.32 bits per heavy atom. The molecule has 0 spiro atoms. The molecule has 1 N–H and O–H groups in total. The van der Waals surface area contributed by atoms with E-state index in [2.05, 4.69) is 24.3 Å². The van der Waals surface area contributed by atoms with Crippen LogP contribution in [0.5, 0.6) is 17.2 Å².